The summed E-state index contributed by atoms with van der Waals surface area (Å²) in [5.74, 6) is 0.850. The van der Waals surface area contributed by atoms with E-state index in [2.05, 4.69) is 77.6 Å². The highest BCUT2D eigenvalue weighted by atomic mass is 127. The van der Waals surface area contributed by atoms with Crippen LogP contribution in [0.25, 0.3) is 0 Å². The zero-order valence-corrected chi connectivity index (χ0v) is 20.5. The van der Waals surface area contributed by atoms with Crippen LogP contribution in [0.15, 0.2) is 29.3 Å². The molecule has 0 bridgehead atoms. The summed E-state index contributed by atoms with van der Waals surface area (Å²) in [6.07, 6.45) is 0. The molecule has 2 N–H and O–H groups in total. The molecule has 7 heteroatoms. The van der Waals surface area contributed by atoms with Gasteiger partial charge in [0.05, 0.1) is 13.2 Å². The van der Waals surface area contributed by atoms with E-state index >= 15 is 0 Å². The molecule has 0 aromatic heterocycles. The zero-order valence-electron chi connectivity index (χ0n) is 18.1. The first-order chi connectivity index (χ1) is 12.9. The summed E-state index contributed by atoms with van der Waals surface area (Å²) in [6.45, 7) is 11.9. The maximum atomic E-state index is 5.46. The van der Waals surface area contributed by atoms with E-state index in [1.54, 1.807) is 0 Å². The normalized spacial score (nSPS) is 16.0. The fourth-order valence-electron chi connectivity index (χ4n) is 3.52. The Bertz CT molecular complexity index is 600. The highest BCUT2D eigenvalue weighted by Crippen LogP contribution is 2.15. The summed E-state index contributed by atoms with van der Waals surface area (Å²) in [4.78, 5) is 9.06. The third kappa shape index (κ3) is 9.07. The number of ether oxygens (including phenoxy) is 1. The van der Waals surface area contributed by atoms with Crippen LogP contribution < -0.4 is 10.6 Å². The SMILES string of the molecule is CN=C(NCc1ccccc1CN1CCOCC1)NCC(C)(C)CN(C)C.I. The van der Waals surface area contributed by atoms with Crippen LogP contribution in [0.4, 0.5) is 0 Å². The van der Waals surface area contributed by atoms with Crippen LogP contribution in [-0.4, -0.2) is 76.3 Å². The van der Waals surface area contributed by atoms with Gasteiger partial charge >= 0.3 is 0 Å². The van der Waals surface area contributed by atoms with E-state index in [9.17, 15) is 0 Å². The molecule has 1 aliphatic rings. The number of aliphatic imine (C=N–C) groups is 1. The van der Waals surface area contributed by atoms with Gasteiger partial charge in [-0.05, 0) is 30.6 Å². The first-order valence-electron chi connectivity index (χ1n) is 9.86. The number of nitrogens with one attached hydrogen (secondary N) is 2. The van der Waals surface area contributed by atoms with Gasteiger partial charge in [0, 0.05) is 46.3 Å². The van der Waals surface area contributed by atoms with E-state index in [4.69, 9.17) is 4.74 Å². The molecule has 0 aliphatic carbocycles. The third-order valence-corrected chi connectivity index (χ3v) is 4.76. The second-order valence-corrected chi connectivity index (χ2v) is 8.34. The topological polar surface area (TPSA) is 52.1 Å². The maximum Gasteiger partial charge on any atom is 0.191 e. The van der Waals surface area contributed by atoms with E-state index in [0.29, 0.717) is 0 Å². The van der Waals surface area contributed by atoms with Crippen molar-refractivity contribution in [3.8, 4) is 0 Å². The Kier molecular flexibility index (Phi) is 11.3. The molecule has 0 atom stereocenters. The molecule has 1 heterocycles. The lowest BCUT2D eigenvalue weighted by atomic mass is 9.93. The van der Waals surface area contributed by atoms with E-state index in [1.807, 2.05) is 7.05 Å². The summed E-state index contributed by atoms with van der Waals surface area (Å²) >= 11 is 0. The van der Waals surface area contributed by atoms with E-state index in [0.717, 1.165) is 58.4 Å². The van der Waals surface area contributed by atoms with Gasteiger partial charge in [0.25, 0.3) is 0 Å². The molecular formula is C21H38IN5O. The van der Waals surface area contributed by atoms with Gasteiger partial charge in [-0.1, -0.05) is 38.1 Å². The van der Waals surface area contributed by atoms with Crippen molar-refractivity contribution in [2.75, 3.05) is 60.5 Å². The van der Waals surface area contributed by atoms with Gasteiger partial charge in [-0.3, -0.25) is 9.89 Å². The van der Waals surface area contributed by atoms with Gasteiger partial charge < -0.3 is 20.3 Å². The van der Waals surface area contributed by atoms with Gasteiger partial charge in [0.2, 0.25) is 0 Å². The smallest absolute Gasteiger partial charge is 0.191 e. The largest absolute Gasteiger partial charge is 0.379 e. The second kappa shape index (κ2) is 12.6. The number of nitrogens with zero attached hydrogens (tertiary/aromatic N) is 3. The molecule has 1 aromatic rings. The number of hydrogen-bond donors (Lipinski definition) is 2. The zero-order chi connectivity index (χ0) is 19.7. The summed E-state index contributed by atoms with van der Waals surface area (Å²) in [7, 11) is 6.05. The molecule has 0 amide bonds. The summed E-state index contributed by atoms with van der Waals surface area (Å²) in [6, 6.07) is 8.65. The first kappa shape index (κ1) is 25.1. The average Bonchev–Trinajstić information content (AvgIpc) is 2.63. The number of morpholine rings is 1. The van der Waals surface area contributed by atoms with Crippen LogP contribution in [0.3, 0.4) is 0 Å². The third-order valence-electron chi connectivity index (χ3n) is 4.76. The Morgan fingerprint density at radius 1 is 1.14 bits per heavy atom. The number of halogens is 1. The van der Waals surface area contributed by atoms with Crippen molar-refractivity contribution in [1.82, 2.24) is 20.4 Å². The Morgan fingerprint density at radius 2 is 1.79 bits per heavy atom. The van der Waals surface area contributed by atoms with Crippen molar-refractivity contribution in [2.45, 2.75) is 26.9 Å². The summed E-state index contributed by atoms with van der Waals surface area (Å²) < 4.78 is 5.46. The molecule has 0 saturated carbocycles. The molecule has 160 valence electrons. The standard InChI is InChI=1S/C21H37N5O.HI/c1-21(2,17-25(4)5)16-24-20(22-3)23-14-18-8-6-7-9-19(18)15-26-10-12-27-13-11-26;/h6-9H,10-17H2,1-5H3,(H2,22,23,24);1H. The molecule has 1 fully saturated rings. The molecule has 1 aliphatic heterocycles. The number of guanidine groups is 1. The van der Waals surface area contributed by atoms with Crippen molar-refractivity contribution < 1.29 is 4.74 Å². The van der Waals surface area contributed by atoms with Gasteiger partial charge in [0.1, 0.15) is 0 Å². The van der Waals surface area contributed by atoms with Crippen LogP contribution in [0, 0.1) is 5.41 Å². The molecule has 1 saturated heterocycles. The van der Waals surface area contributed by atoms with Gasteiger partial charge in [-0.25, -0.2) is 0 Å². The lowest BCUT2D eigenvalue weighted by molar-refractivity contribution is 0.0341. The Labute approximate surface area is 188 Å². The van der Waals surface area contributed by atoms with Crippen molar-refractivity contribution in [1.29, 1.82) is 0 Å². The minimum absolute atomic E-state index is 0. The van der Waals surface area contributed by atoms with E-state index in [-0.39, 0.29) is 29.4 Å². The lowest BCUT2D eigenvalue weighted by Crippen LogP contribution is -2.44. The van der Waals surface area contributed by atoms with Crippen LogP contribution in [0.1, 0.15) is 25.0 Å². The highest BCUT2D eigenvalue weighted by molar-refractivity contribution is 14.0. The van der Waals surface area contributed by atoms with Crippen molar-refractivity contribution in [3.05, 3.63) is 35.4 Å². The van der Waals surface area contributed by atoms with Gasteiger partial charge in [0.15, 0.2) is 5.96 Å². The Hall–Kier alpha value is -0.900. The monoisotopic (exact) mass is 503 g/mol. The quantitative estimate of drug-likeness (QED) is 0.324. The minimum Gasteiger partial charge on any atom is -0.379 e. The number of rotatable bonds is 8. The summed E-state index contributed by atoms with van der Waals surface area (Å²) in [5, 5.41) is 6.94. The minimum atomic E-state index is 0. The second-order valence-electron chi connectivity index (χ2n) is 8.34. The molecule has 1 aromatic carbocycles. The predicted octanol–water partition coefficient (Wildman–Crippen LogP) is 2.39. The molecule has 0 radical (unpaired) electrons. The Balaban J connectivity index is 0.00000392. The highest BCUT2D eigenvalue weighted by Gasteiger charge is 2.19. The molecule has 6 nitrogen and oxygen atoms in total. The fraction of sp³-hybridized carbons (Fsp3) is 0.667. The fourth-order valence-corrected chi connectivity index (χ4v) is 3.52. The molecule has 0 unspecified atom stereocenters. The summed E-state index contributed by atoms with van der Waals surface area (Å²) in [5.41, 5.74) is 2.87. The van der Waals surface area contributed by atoms with Gasteiger partial charge in [-0.15, -0.1) is 24.0 Å². The van der Waals surface area contributed by atoms with Crippen molar-refractivity contribution in [2.24, 2.45) is 10.4 Å². The van der Waals surface area contributed by atoms with Crippen LogP contribution >= 0.6 is 24.0 Å². The Morgan fingerprint density at radius 3 is 2.39 bits per heavy atom. The van der Waals surface area contributed by atoms with Crippen LogP contribution in [-0.2, 0) is 17.8 Å². The average molecular weight is 503 g/mol. The van der Waals surface area contributed by atoms with E-state index < -0.39 is 0 Å². The molecule has 28 heavy (non-hydrogen) atoms. The molecule has 2 rings (SSSR count). The lowest BCUT2D eigenvalue weighted by Gasteiger charge is -2.29. The predicted molar refractivity (Wildman–Crippen MR) is 128 cm³/mol. The molecular weight excluding hydrogens is 465 g/mol. The van der Waals surface area contributed by atoms with Crippen molar-refractivity contribution in [3.63, 3.8) is 0 Å². The van der Waals surface area contributed by atoms with Gasteiger partial charge in [-0.2, -0.15) is 0 Å². The number of hydrogen-bond acceptors (Lipinski definition) is 4. The molecule has 0 spiro atoms. The van der Waals surface area contributed by atoms with E-state index in [1.165, 1.54) is 11.1 Å². The van der Waals surface area contributed by atoms with Crippen LogP contribution in [0.5, 0.6) is 0 Å². The maximum absolute atomic E-state index is 5.46. The van der Waals surface area contributed by atoms with Crippen LogP contribution in [0.2, 0.25) is 0 Å². The number of benzene rings is 1. The van der Waals surface area contributed by atoms with Crippen molar-refractivity contribution >= 4 is 29.9 Å². The first-order valence-corrected chi connectivity index (χ1v) is 9.86.